The Bertz CT molecular complexity index is 1020. The second-order valence-corrected chi connectivity index (χ2v) is 7.53. The molecule has 5 nitrogen and oxygen atoms in total. The van der Waals surface area contributed by atoms with Crippen molar-refractivity contribution in [2.45, 2.75) is 0 Å². The lowest BCUT2D eigenvalue weighted by Crippen LogP contribution is -2.44. The number of para-hydroxylation sites is 2. The summed E-state index contributed by atoms with van der Waals surface area (Å²) >= 11 is 0. The summed E-state index contributed by atoms with van der Waals surface area (Å²) in [5.41, 5.74) is 3.56. The Balaban J connectivity index is 1.48. The van der Waals surface area contributed by atoms with Crippen LogP contribution in [0.15, 0.2) is 78.9 Å². The van der Waals surface area contributed by atoms with Crippen LogP contribution in [0.4, 0.5) is 11.4 Å². The predicted octanol–water partition coefficient (Wildman–Crippen LogP) is 3.92. The van der Waals surface area contributed by atoms with Crippen molar-refractivity contribution in [3.8, 4) is 0 Å². The fraction of sp³-hybridized carbons (Fsp3) is 0.200. The smallest absolute Gasteiger partial charge is 0.255 e. The first-order chi connectivity index (χ1) is 14.6. The predicted molar refractivity (Wildman–Crippen MR) is 120 cm³/mol. The molecular weight excluding hydrogens is 374 g/mol. The van der Waals surface area contributed by atoms with Gasteiger partial charge in [-0.25, -0.2) is 0 Å². The zero-order valence-electron chi connectivity index (χ0n) is 17.0. The van der Waals surface area contributed by atoms with Gasteiger partial charge in [0.15, 0.2) is 5.78 Å². The first kappa shape index (κ1) is 19.9. The standard InChI is InChI=1S/C25H25N3O2/c1-27-15-17-28(18-16-27)23-10-6-5-9-22(23)26-25(30)21-13-11-20(12-14-21)24(29)19-7-3-2-4-8-19/h2-14H,15-18H2,1H3,(H,26,30). The number of hydrogen-bond donors (Lipinski definition) is 1. The normalized spacial score (nSPS) is 14.4. The lowest BCUT2D eigenvalue weighted by Gasteiger charge is -2.35. The van der Waals surface area contributed by atoms with Gasteiger partial charge in [0.1, 0.15) is 0 Å². The van der Waals surface area contributed by atoms with Gasteiger partial charge in [-0.05, 0) is 31.3 Å². The average molecular weight is 399 g/mol. The lowest BCUT2D eigenvalue weighted by molar-refractivity contribution is 0.102. The quantitative estimate of drug-likeness (QED) is 0.661. The Morgan fingerprint density at radius 3 is 1.97 bits per heavy atom. The topological polar surface area (TPSA) is 52.6 Å². The Hall–Kier alpha value is -3.44. The van der Waals surface area contributed by atoms with E-state index in [0.717, 1.165) is 37.6 Å². The lowest BCUT2D eigenvalue weighted by atomic mass is 10.0. The van der Waals surface area contributed by atoms with Gasteiger partial charge in [-0.3, -0.25) is 9.59 Å². The first-order valence-electron chi connectivity index (χ1n) is 10.2. The van der Waals surface area contributed by atoms with Crippen molar-refractivity contribution >= 4 is 23.1 Å². The molecule has 1 amide bonds. The monoisotopic (exact) mass is 399 g/mol. The molecule has 1 saturated heterocycles. The highest BCUT2D eigenvalue weighted by Crippen LogP contribution is 2.27. The number of piperazine rings is 1. The number of likely N-dealkylation sites (N-methyl/N-ethyl adjacent to an activating group) is 1. The number of nitrogens with zero attached hydrogens (tertiary/aromatic N) is 2. The molecule has 3 aromatic carbocycles. The van der Waals surface area contributed by atoms with Crippen molar-refractivity contribution in [2.75, 3.05) is 43.4 Å². The number of benzene rings is 3. The molecule has 0 aliphatic carbocycles. The molecule has 152 valence electrons. The summed E-state index contributed by atoms with van der Waals surface area (Å²) in [7, 11) is 2.12. The number of hydrogen-bond acceptors (Lipinski definition) is 4. The fourth-order valence-corrected chi connectivity index (χ4v) is 3.63. The summed E-state index contributed by atoms with van der Waals surface area (Å²) in [5.74, 6) is -0.238. The van der Waals surface area contributed by atoms with Crippen molar-refractivity contribution in [3.05, 3.63) is 95.6 Å². The van der Waals surface area contributed by atoms with Gasteiger partial charge in [0.25, 0.3) is 5.91 Å². The third kappa shape index (κ3) is 4.42. The van der Waals surface area contributed by atoms with Gasteiger partial charge in [0, 0.05) is 42.9 Å². The summed E-state index contributed by atoms with van der Waals surface area (Å²) in [5, 5.41) is 3.04. The van der Waals surface area contributed by atoms with E-state index in [4.69, 9.17) is 0 Å². The van der Waals surface area contributed by atoms with E-state index in [1.54, 1.807) is 36.4 Å². The van der Waals surface area contributed by atoms with Crippen LogP contribution in [-0.4, -0.2) is 49.8 Å². The van der Waals surface area contributed by atoms with Gasteiger partial charge in [-0.15, -0.1) is 0 Å². The van der Waals surface area contributed by atoms with E-state index in [9.17, 15) is 9.59 Å². The van der Waals surface area contributed by atoms with Gasteiger partial charge in [-0.1, -0.05) is 54.6 Å². The summed E-state index contributed by atoms with van der Waals surface area (Å²) < 4.78 is 0. The largest absolute Gasteiger partial charge is 0.367 e. The maximum atomic E-state index is 12.8. The SMILES string of the molecule is CN1CCN(c2ccccc2NC(=O)c2ccc(C(=O)c3ccccc3)cc2)CC1. The van der Waals surface area contributed by atoms with Crippen LogP contribution in [0.5, 0.6) is 0 Å². The maximum Gasteiger partial charge on any atom is 0.255 e. The van der Waals surface area contributed by atoms with Gasteiger partial charge in [0.05, 0.1) is 11.4 Å². The van der Waals surface area contributed by atoms with Crippen LogP contribution in [0.3, 0.4) is 0 Å². The van der Waals surface area contributed by atoms with Crippen LogP contribution in [0, 0.1) is 0 Å². The van der Waals surface area contributed by atoms with Gasteiger partial charge < -0.3 is 15.1 Å². The van der Waals surface area contributed by atoms with E-state index in [0.29, 0.717) is 16.7 Å². The number of anilines is 2. The first-order valence-corrected chi connectivity index (χ1v) is 10.2. The molecule has 0 bridgehead atoms. The third-order valence-electron chi connectivity index (χ3n) is 5.44. The van der Waals surface area contributed by atoms with E-state index in [1.807, 2.05) is 42.5 Å². The molecule has 30 heavy (non-hydrogen) atoms. The minimum absolute atomic E-state index is 0.0528. The summed E-state index contributed by atoms with van der Waals surface area (Å²) in [6.45, 7) is 3.86. The summed E-state index contributed by atoms with van der Waals surface area (Å²) in [4.78, 5) is 30.0. The minimum Gasteiger partial charge on any atom is -0.367 e. The highest BCUT2D eigenvalue weighted by atomic mass is 16.1. The van der Waals surface area contributed by atoms with Crippen LogP contribution >= 0.6 is 0 Å². The summed E-state index contributed by atoms with van der Waals surface area (Å²) in [6, 6.07) is 23.8. The number of amides is 1. The van der Waals surface area contributed by atoms with Crippen LogP contribution in [0.2, 0.25) is 0 Å². The highest BCUT2D eigenvalue weighted by Gasteiger charge is 2.18. The Morgan fingerprint density at radius 1 is 0.700 bits per heavy atom. The number of nitrogens with one attached hydrogen (secondary N) is 1. The highest BCUT2D eigenvalue weighted by molar-refractivity contribution is 6.10. The van der Waals surface area contributed by atoms with Crippen LogP contribution in [-0.2, 0) is 0 Å². The molecule has 0 unspecified atom stereocenters. The molecule has 0 atom stereocenters. The zero-order valence-corrected chi connectivity index (χ0v) is 17.0. The molecule has 5 heteroatoms. The number of carbonyl (C=O) groups is 2. The second kappa shape index (κ2) is 8.93. The van der Waals surface area contributed by atoms with Gasteiger partial charge >= 0.3 is 0 Å². The zero-order chi connectivity index (χ0) is 20.9. The number of ketones is 1. The molecule has 0 radical (unpaired) electrons. The van der Waals surface area contributed by atoms with Crippen LogP contribution < -0.4 is 10.2 Å². The maximum absolute atomic E-state index is 12.8. The Kier molecular flexibility index (Phi) is 5.91. The summed E-state index contributed by atoms with van der Waals surface area (Å²) in [6.07, 6.45) is 0. The van der Waals surface area contributed by atoms with Crippen molar-refractivity contribution in [1.29, 1.82) is 0 Å². The van der Waals surface area contributed by atoms with Crippen molar-refractivity contribution in [1.82, 2.24) is 4.90 Å². The Labute approximate surface area is 176 Å². The average Bonchev–Trinajstić information content (AvgIpc) is 2.80. The molecule has 3 aromatic rings. The molecule has 1 N–H and O–H groups in total. The number of rotatable bonds is 5. The van der Waals surface area contributed by atoms with Crippen molar-refractivity contribution < 1.29 is 9.59 Å². The molecule has 1 aliphatic heterocycles. The molecule has 1 heterocycles. The van der Waals surface area contributed by atoms with Crippen molar-refractivity contribution in [3.63, 3.8) is 0 Å². The molecule has 4 rings (SSSR count). The van der Waals surface area contributed by atoms with Crippen molar-refractivity contribution in [2.24, 2.45) is 0 Å². The van der Waals surface area contributed by atoms with E-state index in [-0.39, 0.29) is 11.7 Å². The minimum atomic E-state index is -0.185. The van der Waals surface area contributed by atoms with Gasteiger partial charge in [-0.2, -0.15) is 0 Å². The third-order valence-corrected chi connectivity index (χ3v) is 5.44. The molecule has 0 aromatic heterocycles. The fourth-order valence-electron chi connectivity index (χ4n) is 3.63. The second-order valence-electron chi connectivity index (χ2n) is 7.53. The molecular formula is C25H25N3O2. The van der Waals surface area contributed by atoms with E-state index < -0.39 is 0 Å². The van der Waals surface area contributed by atoms with Gasteiger partial charge in [0.2, 0.25) is 0 Å². The molecule has 0 spiro atoms. The van der Waals surface area contributed by atoms with E-state index in [2.05, 4.69) is 22.2 Å². The molecule has 1 fully saturated rings. The van der Waals surface area contributed by atoms with E-state index >= 15 is 0 Å². The number of carbonyl (C=O) groups excluding carboxylic acids is 2. The Morgan fingerprint density at radius 2 is 1.27 bits per heavy atom. The van der Waals surface area contributed by atoms with E-state index in [1.165, 1.54) is 0 Å². The molecule has 1 aliphatic rings. The molecule has 0 saturated carbocycles. The van der Waals surface area contributed by atoms with Crippen LogP contribution in [0.25, 0.3) is 0 Å². The van der Waals surface area contributed by atoms with Crippen LogP contribution in [0.1, 0.15) is 26.3 Å².